The Bertz CT molecular complexity index is 271. The zero-order valence-electron chi connectivity index (χ0n) is 6.61. The number of carbonyl (C=O) groups excluding carboxylic acids is 1. The maximum atomic E-state index is 11.0. The number of carbonyl (C=O) groups is 1. The summed E-state index contributed by atoms with van der Waals surface area (Å²) in [6.45, 7) is 1.94. The van der Waals surface area contributed by atoms with Crippen LogP contribution in [0, 0.1) is 0 Å². The number of aliphatic hydroxyl groups excluding tert-OH is 1. The molecule has 1 N–H and O–H groups in total. The lowest BCUT2D eigenvalue weighted by Crippen LogP contribution is -2.04. The van der Waals surface area contributed by atoms with E-state index in [-0.39, 0.29) is 12.3 Å². The SMILES string of the molecule is CCOC(=O)c1csc(CO)n1. The van der Waals surface area contributed by atoms with Gasteiger partial charge in [-0.05, 0) is 6.92 Å². The van der Waals surface area contributed by atoms with Gasteiger partial charge in [0.15, 0.2) is 5.69 Å². The van der Waals surface area contributed by atoms with Crippen LogP contribution in [-0.2, 0) is 11.3 Å². The first-order valence-corrected chi connectivity index (χ1v) is 4.38. The van der Waals surface area contributed by atoms with E-state index < -0.39 is 5.97 Å². The summed E-state index contributed by atoms with van der Waals surface area (Å²) in [4.78, 5) is 14.9. The number of esters is 1. The molecule has 0 atom stereocenters. The van der Waals surface area contributed by atoms with E-state index in [2.05, 4.69) is 4.98 Å². The lowest BCUT2D eigenvalue weighted by atomic mass is 10.5. The molecule has 0 unspecified atom stereocenters. The van der Waals surface area contributed by atoms with Gasteiger partial charge in [-0.25, -0.2) is 9.78 Å². The van der Waals surface area contributed by atoms with Gasteiger partial charge in [-0.3, -0.25) is 0 Å². The van der Waals surface area contributed by atoms with Crippen molar-refractivity contribution < 1.29 is 14.6 Å². The quantitative estimate of drug-likeness (QED) is 0.711. The zero-order valence-corrected chi connectivity index (χ0v) is 7.43. The maximum Gasteiger partial charge on any atom is 0.357 e. The van der Waals surface area contributed by atoms with Gasteiger partial charge in [0.1, 0.15) is 5.01 Å². The molecule has 0 fully saturated rings. The molecule has 0 spiro atoms. The van der Waals surface area contributed by atoms with Crippen molar-refractivity contribution in [2.24, 2.45) is 0 Å². The van der Waals surface area contributed by atoms with Crippen LogP contribution < -0.4 is 0 Å². The molecule has 0 bridgehead atoms. The first-order chi connectivity index (χ1) is 5.77. The van der Waals surface area contributed by atoms with E-state index >= 15 is 0 Å². The molecule has 0 aromatic carbocycles. The largest absolute Gasteiger partial charge is 0.461 e. The number of aliphatic hydroxyl groups is 1. The van der Waals surface area contributed by atoms with E-state index in [1.807, 2.05) is 0 Å². The topological polar surface area (TPSA) is 59.4 Å². The second kappa shape index (κ2) is 4.18. The first kappa shape index (κ1) is 9.15. The fourth-order valence-corrected chi connectivity index (χ4v) is 1.30. The second-order valence-electron chi connectivity index (χ2n) is 2.01. The van der Waals surface area contributed by atoms with Crippen molar-refractivity contribution in [2.45, 2.75) is 13.5 Å². The predicted octanol–water partition coefficient (Wildman–Crippen LogP) is 0.812. The van der Waals surface area contributed by atoms with Crippen molar-refractivity contribution in [2.75, 3.05) is 6.61 Å². The summed E-state index contributed by atoms with van der Waals surface area (Å²) in [6.07, 6.45) is 0. The van der Waals surface area contributed by atoms with Gasteiger partial charge in [-0.1, -0.05) is 0 Å². The summed E-state index contributed by atoms with van der Waals surface area (Å²) < 4.78 is 4.71. The molecule has 0 aliphatic heterocycles. The van der Waals surface area contributed by atoms with E-state index in [4.69, 9.17) is 9.84 Å². The zero-order chi connectivity index (χ0) is 8.97. The van der Waals surface area contributed by atoms with Crippen LogP contribution in [-0.4, -0.2) is 22.7 Å². The van der Waals surface area contributed by atoms with Crippen LogP contribution in [0.4, 0.5) is 0 Å². The Morgan fingerprint density at radius 3 is 3.08 bits per heavy atom. The Morgan fingerprint density at radius 1 is 1.83 bits per heavy atom. The van der Waals surface area contributed by atoms with E-state index in [1.54, 1.807) is 12.3 Å². The van der Waals surface area contributed by atoms with Crippen LogP contribution in [0.5, 0.6) is 0 Å². The molecule has 0 aliphatic rings. The van der Waals surface area contributed by atoms with Crippen molar-refractivity contribution in [3.63, 3.8) is 0 Å². The van der Waals surface area contributed by atoms with Crippen LogP contribution in [0.25, 0.3) is 0 Å². The minimum Gasteiger partial charge on any atom is -0.461 e. The monoisotopic (exact) mass is 187 g/mol. The average Bonchev–Trinajstić information content (AvgIpc) is 2.52. The Kier molecular flexibility index (Phi) is 3.19. The van der Waals surface area contributed by atoms with Crippen LogP contribution in [0.3, 0.4) is 0 Å². The van der Waals surface area contributed by atoms with Gasteiger partial charge in [0.25, 0.3) is 0 Å². The van der Waals surface area contributed by atoms with Crippen LogP contribution in [0.1, 0.15) is 22.4 Å². The lowest BCUT2D eigenvalue weighted by Gasteiger charge is -1.95. The number of ether oxygens (including phenoxy) is 1. The second-order valence-corrected chi connectivity index (χ2v) is 2.95. The standard InChI is InChI=1S/C7H9NO3S/c1-2-11-7(10)5-4-12-6(3-9)8-5/h4,9H,2-3H2,1H3. The summed E-state index contributed by atoms with van der Waals surface area (Å²) in [5.41, 5.74) is 0.269. The Hall–Kier alpha value is -0.940. The normalized spacial score (nSPS) is 9.83. The minimum absolute atomic E-state index is 0.135. The van der Waals surface area contributed by atoms with Crippen LogP contribution in [0.15, 0.2) is 5.38 Å². The first-order valence-electron chi connectivity index (χ1n) is 3.50. The number of hydrogen-bond acceptors (Lipinski definition) is 5. The van der Waals surface area contributed by atoms with E-state index in [0.29, 0.717) is 11.6 Å². The van der Waals surface area contributed by atoms with Gasteiger partial charge in [0, 0.05) is 5.38 Å². The van der Waals surface area contributed by atoms with Gasteiger partial charge < -0.3 is 9.84 Å². The molecular weight excluding hydrogens is 178 g/mol. The highest BCUT2D eigenvalue weighted by Gasteiger charge is 2.10. The average molecular weight is 187 g/mol. The summed E-state index contributed by atoms with van der Waals surface area (Å²) in [7, 11) is 0. The van der Waals surface area contributed by atoms with Gasteiger partial charge in [0.05, 0.1) is 13.2 Å². The molecule has 12 heavy (non-hydrogen) atoms. The summed E-state index contributed by atoms with van der Waals surface area (Å²) in [5, 5.41) is 10.8. The van der Waals surface area contributed by atoms with Gasteiger partial charge in [-0.15, -0.1) is 11.3 Å². The van der Waals surface area contributed by atoms with Crippen molar-refractivity contribution in [3.05, 3.63) is 16.1 Å². The highest BCUT2D eigenvalue weighted by atomic mass is 32.1. The number of hydrogen-bond donors (Lipinski definition) is 1. The minimum atomic E-state index is -0.437. The number of rotatable bonds is 3. The molecule has 0 saturated heterocycles. The molecule has 1 rings (SSSR count). The smallest absolute Gasteiger partial charge is 0.357 e. The Balaban J connectivity index is 2.68. The van der Waals surface area contributed by atoms with E-state index in [0.717, 1.165) is 0 Å². The highest BCUT2D eigenvalue weighted by Crippen LogP contribution is 2.10. The molecule has 0 saturated carbocycles. The molecule has 1 aromatic heterocycles. The third-order valence-corrected chi connectivity index (χ3v) is 2.01. The Labute approximate surface area is 73.8 Å². The summed E-state index contributed by atoms with van der Waals surface area (Å²) >= 11 is 1.24. The lowest BCUT2D eigenvalue weighted by molar-refractivity contribution is 0.0520. The summed E-state index contributed by atoms with van der Waals surface area (Å²) in [6, 6.07) is 0. The molecular formula is C7H9NO3S. The van der Waals surface area contributed by atoms with Crippen LogP contribution in [0.2, 0.25) is 0 Å². The molecule has 4 nitrogen and oxygen atoms in total. The third kappa shape index (κ3) is 2.02. The van der Waals surface area contributed by atoms with Crippen molar-refractivity contribution >= 4 is 17.3 Å². The summed E-state index contributed by atoms with van der Waals surface area (Å²) in [5.74, 6) is -0.437. The Morgan fingerprint density at radius 2 is 2.58 bits per heavy atom. The van der Waals surface area contributed by atoms with E-state index in [1.165, 1.54) is 11.3 Å². The molecule has 66 valence electrons. The molecule has 5 heteroatoms. The van der Waals surface area contributed by atoms with E-state index in [9.17, 15) is 4.79 Å². The predicted molar refractivity (Wildman–Crippen MR) is 44.0 cm³/mol. The molecule has 1 heterocycles. The number of aromatic nitrogens is 1. The number of nitrogens with zero attached hydrogens (tertiary/aromatic N) is 1. The van der Waals surface area contributed by atoms with Gasteiger partial charge in [-0.2, -0.15) is 0 Å². The van der Waals surface area contributed by atoms with Crippen molar-refractivity contribution in [1.29, 1.82) is 0 Å². The molecule has 0 radical (unpaired) electrons. The molecule has 1 aromatic rings. The van der Waals surface area contributed by atoms with Gasteiger partial charge >= 0.3 is 5.97 Å². The fraction of sp³-hybridized carbons (Fsp3) is 0.429. The molecule has 0 amide bonds. The third-order valence-electron chi connectivity index (χ3n) is 1.17. The van der Waals surface area contributed by atoms with Crippen LogP contribution >= 0.6 is 11.3 Å². The fourth-order valence-electron chi connectivity index (χ4n) is 0.682. The number of thiazole rings is 1. The van der Waals surface area contributed by atoms with Gasteiger partial charge in [0.2, 0.25) is 0 Å². The van der Waals surface area contributed by atoms with Crippen molar-refractivity contribution in [3.8, 4) is 0 Å². The van der Waals surface area contributed by atoms with Crippen molar-refractivity contribution in [1.82, 2.24) is 4.98 Å². The maximum absolute atomic E-state index is 11.0. The highest BCUT2D eigenvalue weighted by molar-refractivity contribution is 7.09. The molecule has 0 aliphatic carbocycles.